The number of carbonyl (C=O) groups is 1. The molecular weight excluding hydrogens is 242 g/mol. The summed E-state index contributed by atoms with van der Waals surface area (Å²) < 4.78 is 10.1. The molecule has 0 N–H and O–H groups in total. The largest absolute Gasteiger partial charge is 0.494 e. The van der Waals surface area contributed by atoms with E-state index in [1.807, 2.05) is 31.2 Å². The molecule has 1 aromatic carbocycles. The molecule has 0 aliphatic rings. The van der Waals surface area contributed by atoms with E-state index >= 15 is 0 Å². The fraction of sp³-hybridized carbons (Fsp3) is 0.533. The first-order valence-corrected chi connectivity index (χ1v) is 6.70. The first-order valence-electron chi connectivity index (χ1n) is 6.70. The first-order chi connectivity index (χ1) is 9.19. The Labute approximate surface area is 115 Å². The van der Waals surface area contributed by atoms with Crippen molar-refractivity contribution in [1.29, 1.82) is 0 Å². The van der Waals surface area contributed by atoms with Gasteiger partial charge < -0.3 is 9.47 Å². The van der Waals surface area contributed by atoms with Gasteiger partial charge in [-0.2, -0.15) is 0 Å². The highest BCUT2D eigenvalue weighted by atomic mass is 16.5. The number of esters is 1. The van der Waals surface area contributed by atoms with Gasteiger partial charge in [-0.05, 0) is 37.6 Å². The summed E-state index contributed by atoms with van der Waals surface area (Å²) >= 11 is 0. The normalized spacial score (nSPS) is 10.5. The average molecular weight is 265 g/mol. The van der Waals surface area contributed by atoms with Crippen LogP contribution >= 0.6 is 0 Å². The van der Waals surface area contributed by atoms with E-state index < -0.39 is 0 Å². The van der Waals surface area contributed by atoms with Gasteiger partial charge in [-0.1, -0.05) is 19.1 Å². The van der Waals surface area contributed by atoms with Crippen molar-refractivity contribution in [2.24, 2.45) is 0 Å². The smallest absolute Gasteiger partial charge is 0.319 e. The zero-order valence-corrected chi connectivity index (χ0v) is 12.0. The molecule has 4 nitrogen and oxygen atoms in total. The van der Waals surface area contributed by atoms with Crippen molar-refractivity contribution in [1.82, 2.24) is 4.90 Å². The maximum Gasteiger partial charge on any atom is 0.319 e. The third-order valence-electron chi connectivity index (χ3n) is 2.76. The monoisotopic (exact) mass is 265 g/mol. The second-order valence-electron chi connectivity index (χ2n) is 4.36. The molecule has 1 aromatic rings. The maximum absolute atomic E-state index is 11.3. The van der Waals surface area contributed by atoms with Crippen LogP contribution in [0, 0.1) is 0 Å². The van der Waals surface area contributed by atoms with Gasteiger partial charge >= 0.3 is 5.97 Å². The van der Waals surface area contributed by atoms with Gasteiger partial charge in [-0.15, -0.1) is 0 Å². The predicted molar refractivity (Wildman–Crippen MR) is 75.2 cm³/mol. The number of benzene rings is 1. The Kier molecular flexibility index (Phi) is 6.97. The van der Waals surface area contributed by atoms with Crippen molar-refractivity contribution in [2.45, 2.75) is 26.8 Å². The molecule has 0 saturated heterocycles. The van der Waals surface area contributed by atoms with E-state index in [1.54, 1.807) is 0 Å². The molecule has 0 atom stereocenters. The molecule has 106 valence electrons. The Hall–Kier alpha value is -1.55. The maximum atomic E-state index is 11.3. The van der Waals surface area contributed by atoms with Crippen LogP contribution in [-0.2, 0) is 16.1 Å². The van der Waals surface area contributed by atoms with Crippen LogP contribution in [0.2, 0.25) is 0 Å². The molecule has 19 heavy (non-hydrogen) atoms. The summed E-state index contributed by atoms with van der Waals surface area (Å²) in [6, 6.07) is 7.98. The average Bonchev–Trinajstić information content (AvgIpc) is 2.41. The third kappa shape index (κ3) is 5.75. The summed E-state index contributed by atoms with van der Waals surface area (Å²) in [7, 11) is 1.42. The van der Waals surface area contributed by atoms with Crippen molar-refractivity contribution >= 4 is 5.97 Å². The van der Waals surface area contributed by atoms with Crippen molar-refractivity contribution in [3.05, 3.63) is 29.8 Å². The predicted octanol–water partition coefficient (Wildman–Crippen LogP) is 2.47. The Morgan fingerprint density at radius 2 is 1.89 bits per heavy atom. The summed E-state index contributed by atoms with van der Waals surface area (Å²) in [5.41, 5.74) is 1.17. The van der Waals surface area contributed by atoms with Crippen LogP contribution in [0.15, 0.2) is 24.3 Å². The van der Waals surface area contributed by atoms with Crippen LogP contribution in [-0.4, -0.2) is 37.7 Å². The van der Waals surface area contributed by atoms with Crippen molar-refractivity contribution < 1.29 is 14.3 Å². The number of carbonyl (C=O) groups excluding carboxylic acids is 1. The lowest BCUT2D eigenvalue weighted by Gasteiger charge is -2.20. The number of hydrogen-bond donors (Lipinski definition) is 0. The quantitative estimate of drug-likeness (QED) is 0.677. The molecule has 0 spiro atoms. The number of rotatable bonds is 8. The first kappa shape index (κ1) is 15.5. The summed E-state index contributed by atoms with van der Waals surface area (Å²) in [4.78, 5) is 13.4. The topological polar surface area (TPSA) is 38.8 Å². The van der Waals surface area contributed by atoms with Crippen molar-refractivity contribution in [3.8, 4) is 5.75 Å². The highest BCUT2D eigenvalue weighted by molar-refractivity contribution is 5.71. The molecule has 0 aliphatic carbocycles. The van der Waals surface area contributed by atoms with E-state index in [1.165, 1.54) is 12.7 Å². The van der Waals surface area contributed by atoms with E-state index in [9.17, 15) is 4.79 Å². The number of ether oxygens (including phenoxy) is 2. The van der Waals surface area contributed by atoms with Gasteiger partial charge in [0.2, 0.25) is 0 Å². The van der Waals surface area contributed by atoms with Gasteiger partial charge in [0.05, 0.1) is 20.3 Å². The molecular formula is C15H23NO3. The third-order valence-corrected chi connectivity index (χ3v) is 2.76. The van der Waals surface area contributed by atoms with Gasteiger partial charge in [0, 0.05) is 6.54 Å². The van der Waals surface area contributed by atoms with Crippen molar-refractivity contribution in [3.63, 3.8) is 0 Å². The SMILES string of the molecule is CCCN(CC(=O)OC)Cc1ccc(OCC)cc1. The Morgan fingerprint density at radius 1 is 1.21 bits per heavy atom. The second-order valence-corrected chi connectivity index (χ2v) is 4.36. The van der Waals surface area contributed by atoms with Crippen LogP contribution in [0.25, 0.3) is 0 Å². The van der Waals surface area contributed by atoms with Crippen molar-refractivity contribution in [2.75, 3.05) is 26.8 Å². The lowest BCUT2D eigenvalue weighted by Crippen LogP contribution is -2.30. The molecule has 0 aliphatic heterocycles. The zero-order chi connectivity index (χ0) is 14.1. The van der Waals surface area contributed by atoms with E-state index in [-0.39, 0.29) is 5.97 Å². The summed E-state index contributed by atoms with van der Waals surface area (Å²) in [5.74, 6) is 0.681. The highest BCUT2D eigenvalue weighted by Crippen LogP contribution is 2.13. The van der Waals surface area contributed by atoms with Crippen LogP contribution < -0.4 is 4.74 Å². The molecule has 1 rings (SSSR count). The van der Waals surface area contributed by atoms with Gasteiger partial charge in [0.15, 0.2) is 0 Å². The summed E-state index contributed by atoms with van der Waals surface area (Å²) in [5, 5.41) is 0. The van der Waals surface area contributed by atoms with Crippen LogP contribution in [0.4, 0.5) is 0 Å². The minimum atomic E-state index is -0.195. The minimum absolute atomic E-state index is 0.195. The fourth-order valence-electron chi connectivity index (χ4n) is 1.89. The van der Waals surface area contributed by atoms with E-state index in [4.69, 9.17) is 9.47 Å². The Morgan fingerprint density at radius 3 is 2.42 bits per heavy atom. The second kappa shape index (κ2) is 8.53. The molecule has 0 amide bonds. The molecule has 0 radical (unpaired) electrons. The molecule has 4 heteroatoms. The fourth-order valence-corrected chi connectivity index (χ4v) is 1.89. The Bertz CT molecular complexity index is 375. The number of methoxy groups -OCH3 is 1. The highest BCUT2D eigenvalue weighted by Gasteiger charge is 2.10. The van der Waals surface area contributed by atoms with Gasteiger partial charge in [-0.25, -0.2) is 0 Å². The van der Waals surface area contributed by atoms with Crippen LogP contribution in [0.3, 0.4) is 0 Å². The summed E-state index contributed by atoms with van der Waals surface area (Å²) in [6.07, 6.45) is 1.01. The van der Waals surface area contributed by atoms with Gasteiger partial charge in [0.1, 0.15) is 5.75 Å². The molecule has 0 heterocycles. The van der Waals surface area contributed by atoms with Crippen LogP contribution in [0.5, 0.6) is 5.75 Å². The molecule has 0 fully saturated rings. The van der Waals surface area contributed by atoms with Gasteiger partial charge in [0.25, 0.3) is 0 Å². The van der Waals surface area contributed by atoms with E-state index in [0.717, 1.165) is 25.3 Å². The number of hydrogen-bond acceptors (Lipinski definition) is 4. The Balaban J connectivity index is 2.59. The standard InChI is InChI=1S/C15H23NO3/c1-4-10-16(12-15(17)18-3)11-13-6-8-14(9-7-13)19-5-2/h6-9H,4-5,10-12H2,1-3H3. The lowest BCUT2D eigenvalue weighted by molar-refractivity contribution is -0.142. The van der Waals surface area contributed by atoms with Crippen LogP contribution in [0.1, 0.15) is 25.8 Å². The van der Waals surface area contributed by atoms with E-state index in [2.05, 4.69) is 11.8 Å². The molecule has 0 bridgehead atoms. The molecule has 0 aromatic heterocycles. The van der Waals surface area contributed by atoms with E-state index in [0.29, 0.717) is 13.2 Å². The lowest BCUT2D eigenvalue weighted by atomic mass is 10.2. The molecule has 0 saturated carbocycles. The summed E-state index contributed by atoms with van der Waals surface area (Å²) in [6.45, 7) is 6.69. The molecule has 0 unspecified atom stereocenters. The van der Waals surface area contributed by atoms with Gasteiger partial charge in [-0.3, -0.25) is 9.69 Å². The minimum Gasteiger partial charge on any atom is -0.494 e. The zero-order valence-electron chi connectivity index (χ0n) is 12.0. The number of nitrogens with zero attached hydrogens (tertiary/aromatic N) is 1.